The molecule has 0 aliphatic rings. The number of fused-ring (bicyclic) bond motifs is 1. The summed E-state index contributed by atoms with van der Waals surface area (Å²) in [4.78, 5) is 19.5. The van der Waals surface area contributed by atoms with Gasteiger partial charge in [0.15, 0.2) is 11.5 Å². The maximum atomic E-state index is 12.4. The van der Waals surface area contributed by atoms with E-state index in [1.165, 1.54) is 0 Å². The third-order valence-electron chi connectivity index (χ3n) is 4.14. The van der Waals surface area contributed by atoms with Gasteiger partial charge >= 0.3 is 0 Å². The summed E-state index contributed by atoms with van der Waals surface area (Å²) in [7, 11) is 4.69. The van der Waals surface area contributed by atoms with Gasteiger partial charge in [-0.1, -0.05) is 0 Å². The lowest BCUT2D eigenvalue weighted by atomic mass is 10.1. The number of methoxy groups -OCH3 is 3. The third-order valence-corrected chi connectivity index (χ3v) is 4.14. The van der Waals surface area contributed by atoms with Crippen LogP contribution in [0.3, 0.4) is 0 Å². The maximum absolute atomic E-state index is 12.4. The summed E-state index contributed by atoms with van der Waals surface area (Å²) in [6.45, 7) is 0.456. The number of nitrogens with zero attached hydrogens (tertiary/aromatic N) is 1. The Morgan fingerprint density at radius 2 is 1.85 bits per heavy atom. The SMILES string of the molecule is COc1cc2[nH]cc(CC(=O)NCc3ccncc3)c2c(OC)c1OC. The number of benzene rings is 1. The Morgan fingerprint density at radius 3 is 2.50 bits per heavy atom. The van der Waals surface area contributed by atoms with Crippen LogP contribution in [0.2, 0.25) is 0 Å². The highest BCUT2D eigenvalue weighted by Crippen LogP contribution is 2.44. The molecule has 26 heavy (non-hydrogen) atoms. The summed E-state index contributed by atoms with van der Waals surface area (Å²) in [6.07, 6.45) is 5.42. The van der Waals surface area contributed by atoms with Crippen molar-refractivity contribution in [2.45, 2.75) is 13.0 Å². The molecule has 0 radical (unpaired) electrons. The Bertz CT molecular complexity index is 906. The van der Waals surface area contributed by atoms with Crippen molar-refractivity contribution in [2.75, 3.05) is 21.3 Å². The molecule has 2 N–H and O–H groups in total. The van der Waals surface area contributed by atoms with Gasteiger partial charge in [-0.25, -0.2) is 0 Å². The van der Waals surface area contributed by atoms with Crippen molar-refractivity contribution >= 4 is 16.8 Å². The van der Waals surface area contributed by atoms with E-state index in [0.717, 1.165) is 22.0 Å². The third kappa shape index (κ3) is 3.42. The van der Waals surface area contributed by atoms with Crippen LogP contribution in [0.1, 0.15) is 11.1 Å². The van der Waals surface area contributed by atoms with Gasteiger partial charge in [-0.2, -0.15) is 0 Å². The second-order valence-electron chi connectivity index (χ2n) is 5.69. The number of ether oxygens (including phenoxy) is 3. The van der Waals surface area contributed by atoms with Crippen LogP contribution in [0.15, 0.2) is 36.8 Å². The summed E-state index contributed by atoms with van der Waals surface area (Å²) in [5, 5.41) is 3.72. The van der Waals surface area contributed by atoms with Crippen molar-refractivity contribution in [3.8, 4) is 17.2 Å². The van der Waals surface area contributed by atoms with Gasteiger partial charge in [0, 0.05) is 36.6 Å². The fourth-order valence-electron chi connectivity index (χ4n) is 2.90. The second-order valence-corrected chi connectivity index (χ2v) is 5.69. The van der Waals surface area contributed by atoms with Crippen LogP contribution >= 0.6 is 0 Å². The molecule has 3 rings (SSSR count). The number of hydrogen-bond donors (Lipinski definition) is 2. The van der Waals surface area contributed by atoms with E-state index in [4.69, 9.17) is 14.2 Å². The number of hydrogen-bond acceptors (Lipinski definition) is 5. The van der Waals surface area contributed by atoms with E-state index in [1.54, 1.807) is 39.9 Å². The fraction of sp³-hybridized carbons (Fsp3) is 0.263. The summed E-state index contributed by atoms with van der Waals surface area (Å²) < 4.78 is 16.3. The first-order chi connectivity index (χ1) is 12.7. The highest BCUT2D eigenvalue weighted by Gasteiger charge is 2.20. The Hall–Kier alpha value is -3.22. The van der Waals surface area contributed by atoms with Gasteiger partial charge in [0.1, 0.15) is 0 Å². The molecule has 136 valence electrons. The first-order valence-electron chi connectivity index (χ1n) is 8.12. The zero-order valence-corrected chi connectivity index (χ0v) is 15.0. The van der Waals surface area contributed by atoms with Crippen LogP contribution in [0.25, 0.3) is 10.9 Å². The second kappa shape index (κ2) is 7.77. The zero-order valence-electron chi connectivity index (χ0n) is 15.0. The van der Waals surface area contributed by atoms with Crippen LogP contribution in [-0.4, -0.2) is 37.2 Å². The zero-order chi connectivity index (χ0) is 18.5. The van der Waals surface area contributed by atoms with Gasteiger partial charge in [0.05, 0.1) is 33.3 Å². The molecular formula is C19H21N3O4. The maximum Gasteiger partial charge on any atom is 0.224 e. The molecule has 0 bridgehead atoms. The first kappa shape index (κ1) is 17.6. The minimum atomic E-state index is -0.0837. The van der Waals surface area contributed by atoms with Crippen LogP contribution in [0, 0.1) is 0 Å². The molecule has 1 amide bonds. The van der Waals surface area contributed by atoms with Gasteiger partial charge in [-0.15, -0.1) is 0 Å². The largest absolute Gasteiger partial charge is 0.493 e. The van der Waals surface area contributed by atoms with E-state index in [2.05, 4.69) is 15.3 Å². The highest BCUT2D eigenvalue weighted by atomic mass is 16.5. The van der Waals surface area contributed by atoms with Crippen molar-refractivity contribution in [3.05, 3.63) is 47.9 Å². The van der Waals surface area contributed by atoms with E-state index in [0.29, 0.717) is 23.8 Å². The van der Waals surface area contributed by atoms with Crippen molar-refractivity contribution in [3.63, 3.8) is 0 Å². The van der Waals surface area contributed by atoms with Crippen molar-refractivity contribution in [1.82, 2.24) is 15.3 Å². The molecule has 0 saturated heterocycles. The first-order valence-corrected chi connectivity index (χ1v) is 8.12. The molecule has 7 heteroatoms. The summed E-state index contributed by atoms with van der Waals surface area (Å²) in [5.41, 5.74) is 2.64. The molecular weight excluding hydrogens is 334 g/mol. The predicted molar refractivity (Wildman–Crippen MR) is 97.7 cm³/mol. The van der Waals surface area contributed by atoms with Gasteiger partial charge in [0.2, 0.25) is 11.7 Å². The van der Waals surface area contributed by atoms with Crippen molar-refractivity contribution in [2.24, 2.45) is 0 Å². The minimum Gasteiger partial charge on any atom is -0.493 e. The van der Waals surface area contributed by atoms with Gasteiger partial charge < -0.3 is 24.5 Å². The lowest BCUT2D eigenvalue weighted by molar-refractivity contribution is -0.120. The van der Waals surface area contributed by atoms with E-state index in [-0.39, 0.29) is 12.3 Å². The smallest absolute Gasteiger partial charge is 0.224 e. The van der Waals surface area contributed by atoms with E-state index in [9.17, 15) is 4.79 Å². The van der Waals surface area contributed by atoms with Crippen molar-refractivity contribution < 1.29 is 19.0 Å². The number of aromatic nitrogens is 2. The molecule has 7 nitrogen and oxygen atoms in total. The number of pyridine rings is 1. The number of amides is 1. The number of nitrogens with one attached hydrogen (secondary N) is 2. The number of aromatic amines is 1. The monoisotopic (exact) mass is 355 g/mol. The molecule has 0 spiro atoms. The predicted octanol–water partition coefficient (Wildman–Crippen LogP) is 2.45. The lowest BCUT2D eigenvalue weighted by Gasteiger charge is -2.14. The normalized spacial score (nSPS) is 10.6. The van der Waals surface area contributed by atoms with E-state index >= 15 is 0 Å². The number of H-pyrrole nitrogens is 1. The average Bonchev–Trinajstić information content (AvgIpc) is 3.07. The standard InChI is InChI=1S/C19H21N3O4/c1-24-15-9-14-17(19(26-3)18(15)25-2)13(11-21-14)8-16(23)22-10-12-4-6-20-7-5-12/h4-7,9,11,21H,8,10H2,1-3H3,(H,22,23). The van der Waals surface area contributed by atoms with Gasteiger partial charge in [-0.05, 0) is 23.3 Å². The van der Waals surface area contributed by atoms with Gasteiger partial charge in [-0.3, -0.25) is 9.78 Å². The molecule has 2 heterocycles. The topological polar surface area (TPSA) is 85.5 Å². The van der Waals surface area contributed by atoms with Crippen LogP contribution < -0.4 is 19.5 Å². The summed E-state index contributed by atoms with van der Waals surface area (Å²) in [6, 6.07) is 5.56. The molecule has 0 aliphatic heterocycles. The van der Waals surface area contributed by atoms with Crippen molar-refractivity contribution in [1.29, 1.82) is 0 Å². The highest BCUT2D eigenvalue weighted by molar-refractivity contribution is 5.96. The average molecular weight is 355 g/mol. The molecule has 0 saturated carbocycles. The lowest BCUT2D eigenvalue weighted by Crippen LogP contribution is -2.24. The molecule has 0 atom stereocenters. The van der Waals surface area contributed by atoms with E-state index in [1.807, 2.05) is 18.2 Å². The summed E-state index contributed by atoms with van der Waals surface area (Å²) in [5.74, 6) is 1.52. The van der Waals surface area contributed by atoms with Crippen LogP contribution in [-0.2, 0) is 17.8 Å². The minimum absolute atomic E-state index is 0.0837. The Labute approximate surface area is 151 Å². The number of carbonyl (C=O) groups is 1. The molecule has 1 aromatic carbocycles. The number of carbonyl (C=O) groups excluding carboxylic acids is 1. The molecule has 0 aliphatic carbocycles. The number of rotatable bonds is 7. The molecule has 0 fully saturated rings. The van der Waals surface area contributed by atoms with E-state index < -0.39 is 0 Å². The molecule has 3 aromatic rings. The van der Waals surface area contributed by atoms with Crippen LogP contribution in [0.4, 0.5) is 0 Å². The molecule has 2 aromatic heterocycles. The van der Waals surface area contributed by atoms with Crippen LogP contribution in [0.5, 0.6) is 17.2 Å². The quantitative estimate of drug-likeness (QED) is 0.680. The Kier molecular flexibility index (Phi) is 5.26. The Balaban J connectivity index is 1.85. The fourth-order valence-corrected chi connectivity index (χ4v) is 2.90. The summed E-state index contributed by atoms with van der Waals surface area (Å²) >= 11 is 0. The molecule has 0 unspecified atom stereocenters. The van der Waals surface area contributed by atoms with Gasteiger partial charge in [0.25, 0.3) is 0 Å². The Morgan fingerprint density at radius 1 is 1.12 bits per heavy atom.